The fourth-order valence-corrected chi connectivity index (χ4v) is 2.60. The lowest BCUT2D eigenvalue weighted by atomic mass is 9.89. The van der Waals surface area contributed by atoms with Gasteiger partial charge in [0, 0.05) is 26.7 Å². The number of nitrogens with one attached hydrogen (secondary N) is 3. The van der Waals surface area contributed by atoms with Crippen LogP contribution in [0.1, 0.15) is 13.3 Å². The molecule has 2 fully saturated rings. The quantitative estimate of drug-likeness (QED) is 0.543. The molecule has 0 radical (unpaired) electrons. The topological polar surface area (TPSA) is 90.5 Å². The third-order valence-corrected chi connectivity index (χ3v) is 3.87. The zero-order valence-electron chi connectivity index (χ0n) is 11.3. The molecular weight excluding hydrogens is 248 g/mol. The summed E-state index contributed by atoms with van der Waals surface area (Å²) in [5.41, 5.74) is -0.512. The van der Waals surface area contributed by atoms with Crippen LogP contribution in [0.15, 0.2) is 0 Å². The molecule has 2 atom stereocenters. The van der Waals surface area contributed by atoms with E-state index in [-0.39, 0.29) is 30.3 Å². The van der Waals surface area contributed by atoms with Crippen LogP contribution in [0.25, 0.3) is 0 Å². The van der Waals surface area contributed by atoms with Gasteiger partial charge in [-0.25, -0.2) is 0 Å². The van der Waals surface area contributed by atoms with Gasteiger partial charge in [0.25, 0.3) is 0 Å². The van der Waals surface area contributed by atoms with Crippen LogP contribution in [0.3, 0.4) is 0 Å². The van der Waals surface area contributed by atoms with Crippen LogP contribution in [-0.2, 0) is 14.4 Å². The van der Waals surface area contributed by atoms with Crippen molar-refractivity contribution in [3.63, 3.8) is 0 Å². The van der Waals surface area contributed by atoms with Crippen LogP contribution in [0, 0.1) is 5.41 Å². The summed E-state index contributed by atoms with van der Waals surface area (Å²) in [4.78, 5) is 36.8. The molecule has 19 heavy (non-hydrogen) atoms. The van der Waals surface area contributed by atoms with Crippen molar-refractivity contribution in [1.82, 2.24) is 20.9 Å². The molecule has 2 aliphatic rings. The molecule has 0 aliphatic carbocycles. The molecule has 7 heteroatoms. The first kappa shape index (κ1) is 13.8. The van der Waals surface area contributed by atoms with Gasteiger partial charge < -0.3 is 15.5 Å². The van der Waals surface area contributed by atoms with E-state index in [0.29, 0.717) is 26.1 Å². The first-order valence-electron chi connectivity index (χ1n) is 6.47. The lowest BCUT2D eigenvalue weighted by molar-refractivity contribution is -0.135. The van der Waals surface area contributed by atoms with Crippen molar-refractivity contribution in [3.8, 4) is 0 Å². The van der Waals surface area contributed by atoms with E-state index >= 15 is 0 Å². The third-order valence-electron chi connectivity index (χ3n) is 3.87. The molecular formula is C12H20N4O3. The Morgan fingerprint density at radius 3 is 2.79 bits per heavy atom. The molecule has 3 N–H and O–H groups in total. The van der Waals surface area contributed by atoms with Gasteiger partial charge in [-0.2, -0.15) is 0 Å². The number of nitrogens with zero attached hydrogens (tertiary/aromatic N) is 1. The summed E-state index contributed by atoms with van der Waals surface area (Å²) in [7, 11) is 1.61. The van der Waals surface area contributed by atoms with E-state index in [1.54, 1.807) is 11.9 Å². The van der Waals surface area contributed by atoms with Crippen molar-refractivity contribution in [3.05, 3.63) is 0 Å². The van der Waals surface area contributed by atoms with E-state index in [9.17, 15) is 14.4 Å². The Balaban J connectivity index is 1.95. The monoisotopic (exact) mass is 268 g/mol. The summed E-state index contributed by atoms with van der Waals surface area (Å²) in [5, 5.41) is 8.22. The van der Waals surface area contributed by atoms with Gasteiger partial charge in [0.05, 0.1) is 12.0 Å². The van der Waals surface area contributed by atoms with E-state index in [1.807, 2.05) is 6.92 Å². The normalized spacial score (nSPS) is 30.9. The fraction of sp³-hybridized carbons (Fsp3) is 0.750. The second-order valence-corrected chi connectivity index (χ2v) is 5.39. The van der Waals surface area contributed by atoms with Gasteiger partial charge in [-0.1, -0.05) is 0 Å². The largest absolute Gasteiger partial charge is 0.359 e. The van der Waals surface area contributed by atoms with E-state index in [1.165, 1.54) is 0 Å². The van der Waals surface area contributed by atoms with Crippen molar-refractivity contribution in [1.29, 1.82) is 0 Å². The Labute approximate surface area is 112 Å². The highest BCUT2D eigenvalue weighted by molar-refractivity contribution is 5.88. The zero-order chi connectivity index (χ0) is 14.0. The minimum atomic E-state index is -0.512. The van der Waals surface area contributed by atoms with Gasteiger partial charge in [-0.15, -0.1) is 0 Å². The number of carbonyl (C=O) groups is 3. The molecule has 2 saturated heterocycles. The number of carbonyl (C=O) groups excluding carboxylic acids is 3. The van der Waals surface area contributed by atoms with E-state index in [2.05, 4.69) is 16.0 Å². The second kappa shape index (κ2) is 5.16. The standard InChI is InChI=1S/C12H20N4O3/c1-12(11(19)13-2)3-4-16(7-12)10(18)8-5-15-9(17)6-14-8/h8,14H,3-7H2,1-2H3,(H,13,19)(H,15,17). The van der Waals surface area contributed by atoms with E-state index in [0.717, 1.165) is 0 Å². The number of rotatable bonds is 2. The van der Waals surface area contributed by atoms with Gasteiger partial charge in [0.1, 0.15) is 6.04 Å². The Morgan fingerprint density at radius 1 is 1.47 bits per heavy atom. The Bertz CT molecular complexity index is 402. The molecule has 2 heterocycles. The molecule has 106 valence electrons. The maximum atomic E-state index is 12.3. The number of piperazine rings is 1. The van der Waals surface area contributed by atoms with Crippen molar-refractivity contribution in [2.24, 2.45) is 5.41 Å². The average Bonchev–Trinajstić information content (AvgIpc) is 2.82. The minimum absolute atomic E-state index is 0.0345. The smallest absolute Gasteiger partial charge is 0.241 e. The number of likely N-dealkylation sites (tertiary alicyclic amines) is 1. The van der Waals surface area contributed by atoms with Crippen LogP contribution in [0.4, 0.5) is 0 Å². The molecule has 0 aromatic carbocycles. The SMILES string of the molecule is CNC(=O)C1(C)CCN(C(=O)C2CNC(=O)CN2)C1. The van der Waals surface area contributed by atoms with Gasteiger partial charge >= 0.3 is 0 Å². The highest BCUT2D eigenvalue weighted by Crippen LogP contribution is 2.30. The molecule has 2 aliphatic heterocycles. The summed E-state index contributed by atoms with van der Waals surface area (Å²) in [6, 6.07) is -0.385. The lowest BCUT2D eigenvalue weighted by Crippen LogP contribution is -2.58. The van der Waals surface area contributed by atoms with Crippen LogP contribution in [0.2, 0.25) is 0 Å². The third kappa shape index (κ3) is 2.70. The molecule has 0 aromatic rings. The number of amides is 3. The van der Waals surface area contributed by atoms with E-state index in [4.69, 9.17) is 0 Å². The van der Waals surface area contributed by atoms with Crippen molar-refractivity contribution in [2.45, 2.75) is 19.4 Å². The maximum Gasteiger partial charge on any atom is 0.241 e. The lowest BCUT2D eigenvalue weighted by Gasteiger charge is -2.28. The molecule has 0 saturated carbocycles. The van der Waals surface area contributed by atoms with Gasteiger partial charge in [-0.05, 0) is 13.3 Å². The summed E-state index contributed by atoms with van der Waals surface area (Å²) in [5.74, 6) is -0.180. The summed E-state index contributed by atoms with van der Waals surface area (Å²) < 4.78 is 0. The van der Waals surface area contributed by atoms with Gasteiger partial charge in [-0.3, -0.25) is 19.7 Å². The molecule has 0 spiro atoms. The first-order chi connectivity index (χ1) is 8.96. The minimum Gasteiger partial charge on any atom is -0.359 e. The summed E-state index contributed by atoms with van der Waals surface area (Å²) >= 11 is 0. The highest BCUT2D eigenvalue weighted by Gasteiger charge is 2.43. The van der Waals surface area contributed by atoms with Gasteiger partial charge in [0.2, 0.25) is 17.7 Å². The van der Waals surface area contributed by atoms with Crippen molar-refractivity contribution in [2.75, 3.05) is 33.2 Å². The van der Waals surface area contributed by atoms with Crippen LogP contribution < -0.4 is 16.0 Å². The van der Waals surface area contributed by atoms with Crippen LogP contribution in [-0.4, -0.2) is 61.9 Å². The predicted molar refractivity (Wildman–Crippen MR) is 68.2 cm³/mol. The summed E-state index contributed by atoms with van der Waals surface area (Å²) in [6.07, 6.45) is 0.664. The molecule has 2 unspecified atom stereocenters. The Kier molecular flexibility index (Phi) is 3.75. The highest BCUT2D eigenvalue weighted by atomic mass is 16.2. The molecule has 3 amide bonds. The first-order valence-corrected chi connectivity index (χ1v) is 6.47. The van der Waals surface area contributed by atoms with E-state index < -0.39 is 5.41 Å². The van der Waals surface area contributed by atoms with Crippen LogP contribution >= 0.6 is 0 Å². The average molecular weight is 268 g/mol. The van der Waals surface area contributed by atoms with Crippen molar-refractivity contribution >= 4 is 17.7 Å². The Morgan fingerprint density at radius 2 is 2.21 bits per heavy atom. The zero-order valence-corrected chi connectivity index (χ0v) is 11.3. The van der Waals surface area contributed by atoms with Crippen molar-refractivity contribution < 1.29 is 14.4 Å². The summed E-state index contributed by atoms with van der Waals surface area (Å²) in [6.45, 7) is 3.35. The van der Waals surface area contributed by atoms with Crippen LogP contribution in [0.5, 0.6) is 0 Å². The molecule has 0 bridgehead atoms. The molecule has 0 aromatic heterocycles. The number of hydrogen-bond acceptors (Lipinski definition) is 4. The molecule has 7 nitrogen and oxygen atoms in total. The predicted octanol–water partition coefficient (Wildman–Crippen LogP) is -1.94. The second-order valence-electron chi connectivity index (χ2n) is 5.39. The van der Waals surface area contributed by atoms with Gasteiger partial charge in [0.15, 0.2) is 0 Å². The molecule has 2 rings (SSSR count). The fourth-order valence-electron chi connectivity index (χ4n) is 2.60. The Hall–Kier alpha value is -1.63. The maximum absolute atomic E-state index is 12.3. The number of hydrogen-bond donors (Lipinski definition) is 3.